The van der Waals surface area contributed by atoms with Gasteiger partial charge in [0.1, 0.15) is 6.10 Å². The molecule has 0 radical (unpaired) electrons. The average Bonchev–Trinajstić information content (AvgIpc) is 2.98. The fourth-order valence-electron chi connectivity index (χ4n) is 1.59. The van der Waals surface area contributed by atoms with Crippen LogP contribution in [0.3, 0.4) is 0 Å². The average molecular weight is 202 g/mol. The van der Waals surface area contributed by atoms with Crippen LogP contribution in [-0.2, 0) is 9.53 Å². The van der Waals surface area contributed by atoms with Crippen molar-refractivity contribution >= 4 is 5.97 Å². The number of esters is 1. The van der Waals surface area contributed by atoms with E-state index in [1.165, 1.54) is 5.56 Å². The zero-order chi connectivity index (χ0) is 10.8. The van der Waals surface area contributed by atoms with Crippen molar-refractivity contribution in [3.05, 3.63) is 48.0 Å². The summed E-state index contributed by atoms with van der Waals surface area (Å²) in [5.74, 6) is 0.105. The van der Waals surface area contributed by atoms with E-state index in [2.05, 4.69) is 18.7 Å². The van der Waals surface area contributed by atoms with Crippen molar-refractivity contribution in [2.75, 3.05) is 0 Å². The highest BCUT2D eigenvalue weighted by Gasteiger charge is 2.41. The van der Waals surface area contributed by atoms with Crippen LogP contribution < -0.4 is 0 Å². The van der Waals surface area contributed by atoms with Gasteiger partial charge in [-0.1, -0.05) is 36.9 Å². The molecule has 1 fully saturated rings. The fourth-order valence-corrected chi connectivity index (χ4v) is 1.59. The predicted octanol–water partition coefficient (Wildman–Crippen LogP) is 2.66. The highest BCUT2D eigenvalue weighted by atomic mass is 16.5. The lowest BCUT2D eigenvalue weighted by Gasteiger charge is -2.03. The molecule has 0 heterocycles. The van der Waals surface area contributed by atoms with Gasteiger partial charge >= 0.3 is 5.97 Å². The van der Waals surface area contributed by atoms with Gasteiger partial charge in [-0.3, -0.25) is 0 Å². The molecule has 2 rings (SSSR count). The maximum absolute atomic E-state index is 11.2. The topological polar surface area (TPSA) is 26.3 Å². The lowest BCUT2D eigenvalue weighted by Crippen LogP contribution is -2.07. The van der Waals surface area contributed by atoms with Gasteiger partial charge in [0.25, 0.3) is 0 Å². The molecule has 0 aromatic heterocycles. The third-order valence-corrected chi connectivity index (χ3v) is 2.57. The van der Waals surface area contributed by atoms with Crippen LogP contribution in [-0.4, -0.2) is 12.1 Å². The van der Waals surface area contributed by atoms with E-state index < -0.39 is 0 Å². The molecule has 0 saturated heterocycles. The molecule has 0 amide bonds. The van der Waals surface area contributed by atoms with E-state index in [-0.39, 0.29) is 12.1 Å². The van der Waals surface area contributed by atoms with Gasteiger partial charge in [0.05, 0.1) is 0 Å². The summed E-state index contributed by atoms with van der Waals surface area (Å²) in [7, 11) is 0. The Morgan fingerprint density at radius 1 is 1.40 bits per heavy atom. The molecule has 0 spiro atoms. The van der Waals surface area contributed by atoms with Crippen molar-refractivity contribution in [2.45, 2.75) is 25.4 Å². The second kappa shape index (κ2) is 3.89. The third kappa shape index (κ3) is 2.27. The van der Waals surface area contributed by atoms with Crippen LogP contribution in [0.5, 0.6) is 0 Å². The lowest BCUT2D eigenvalue weighted by molar-refractivity contribution is -0.140. The van der Waals surface area contributed by atoms with Gasteiger partial charge in [0, 0.05) is 11.5 Å². The van der Waals surface area contributed by atoms with Crippen LogP contribution in [0.15, 0.2) is 42.5 Å². The molecule has 1 saturated carbocycles. The maximum Gasteiger partial charge on any atom is 0.333 e. The van der Waals surface area contributed by atoms with E-state index in [0.717, 1.165) is 6.42 Å². The van der Waals surface area contributed by atoms with Crippen LogP contribution >= 0.6 is 0 Å². The zero-order valence-electron chi connectivity index (χ0n) is 8.77. The van der Waals surface area contributed by atoms with Crippen molar-refractivity contribution in [2.24, 2.45) is 0 Å². The highest BCUT2D eigenvalue weighted by molar-refractivity contribution is 5.87. The largest absolute Gasteiger partial charge is 0.458 e. The van der Waals surface area contributed by atoms with Crippen molar-refractivity contribution in [1.29, 1.82) is 0 Å². The van der Waals surface area contributed by atoms with Gasteiger partial charge in [0.2, 0.25) is 0 Å². The number of rotatable bonds is 3. The third-order valence-electron chi connectivity index (χ3n) is 2.57. The van der Waals surface area contributed by atoms with E-state index in [0.29, 0.717) is 11.5 Å². The Morgan fingerprint density at radius 3 is 2.67 bits per heavy atom. The van der Waals surface area contributed by atoms with Gasteiger partial charge in [-0.15, -0.1) is 0 Å². The van der Waals surface area contributed by atoms with Crippen molar-refractivity contribution in [3.8, 4) is 0 Å². The monoisotopic (exact) mass is 202 g/mol. The van der Waals surface area contributed by atoms with Crippen LogP contribution in [0.2, 0.25) is 0 Å². The van der Waals surface area contributed by atoms with E-state index in [1.807, 2.05) is 18.2 Å². The Balaban J connectivity index is 1.92. The Hall–Kier alpha value is -1.57. The summed E-state index contributed by atoms with van der Waals surface area (Å²) in [6.45, 7) is 5.23. The Kier molecular flexibility index (Phi) is 2.58. The molecule has 0 bridgehead atoms. The minimum atomic E-state index is -0.279. The van der Waals surface area contributed by atoms with Crippen LogP contribution in [0.25, 0.3) is 0 Å². The van der Waals surface area contributed by atoms with E-state index in [9.17, 15) is 4.79 Å². The minimum Gasteiger partial charge on any atom is -0.458 e. The fraction of sp³-hybridized carbons (Fsp3) is 0.308. The lowest BCUT2D eigenvalue weighted by atomic mass is 10.1. The Labute approximate surface area is 89.6 Å². The summed E-state index contributed by atoms with van der Waals surface area (Å²) in [6, 6.07) is 10.1. The molecule has 2 heteroatoms. The molecule has 0 aliphatic heterocycles. The second-order valence-corrected chi connectivity index (χ2v) is 3.98. The molecule has 2 nitrogen and oxygen atoms in total. The van der Waals surface area contributed by atoms with Gasteiger partial charge in [0.15, 0.2) is 0 Å². The first-order valence-corrected chi connectivity index (χ1v) is 5.10. The summed E-state index contributed by atoms with van der Waals surface area (Å²) >= 11 is 0. The highest BCUT2D eigenvalue weighted by Crippen LogP contribution is 2.43. The first-order chi connectivity index (χ1) is 7.18. The second-order valence-electron chi connectivity index (χ2n) is 3.98. The van der Waals surface area contributed by atoms with E-state index >= 15 is 0 Å². The molecule has 1 aromatic rings. The van der Waals surface area contributed by atoms with Crippen molar-refractivity contribution in [1.82, 2.24) is 0 Å². The number of carbonyl (C=O) groups excluding carboxylic acids is 1. The predicted molar refractivity (Wildman–Crippen MR) is 58.5 cm³/mol. The van der Waals surface area contributed by atoms with E-state index in [1.54, 1.807) is 6.92 Å². The molecular formula is C13H14O2. The molecule has 0 N–H and O–H groups in total. The molecule has 15 heavy (non-hydrogen) atoms. The molecule has 2 atom stereocenters. The van der Waals surface area contributed by atoms with Crippen molar-refractivity contribution in [3.63, 3.8) is 0 Å². The minimum absolute atomic E-state index is 0.0524. The number of hydrogen-bond acceptors (Lipinski definition) is 2. The van der Waals surface area contributed by atoms with E-state index in [4.69, 9.17) is 4.74 Å². The first-order valence-electron chi connectivity index (χ1n) is 5.10. The van der Waals surface area contributed by atoms with Gasteiger partial charge in [-0.05, 0) is 18.9 Å². The number of ether oxygens (including phenoxy) is 1. The Bertz CT molecular complexity index is 381. The van der Waals surface area contributed by atoms with Gasteiger partial charge in [-0.25, -0.2) is 4.79 Å². The smallest absolute Gasteiger partial charge is 0.333 e. The maximum atomic E-state index is 11.2. The zero-order valence-corrected chi connectivity index (χ0v) is 8.77. The summed E-state index contributed by atoms with van der Waals surface area (Å²) in [5.41, 5.74) is 1.71. The first kappa shape index (κ1) is 9.97. The molecule has 1 aliphatic carbocycles. The quantitative estimate of drug-likeness (QED) is 0.556. The van der Waals surface area contributed by atoms with Gasteiger partial charge < -0.3 is 4.74 Å². The molecule has 78 valence electrons. The summed E-state index contributed by atoms with van der Waals surface area (Å²) in [5, 5.41) is 0. The molecule has 1 aromatic carbocycles. The summed E-state index contributed by atoms with van der Waals surface area (Å²) < 4.78 is 5.25. The summed E-state index contributed by atoms with van der Waals surface area (Å²) in [4.78, 5) is 11.2. The molecule has 1 aliphatic rings. The van der Waals surface area contributed by atoms with Crippen LogP contribution in [0.1, 0.15) is 24.8 Å². The standard InChI is InChI=1S/C13H14O2/c1-9(2)13(14)15-12-8-11(12)10-6-4-3-5-7-10/h3-7,11-12H,1,8H2,2H3. The Morgan fingerprint density at radius 2 is 2.07 bits per heavy atom. The molecular weight excluding hydrogens is 188 g/mol. The normalized spacial score (nSPS) is 23.3. The molecule has 2 unspecified atom stereocenters. The number of benzene rings is 1. The number of carbonyl (C=O) groups is 1. The summed E-state index contributed by atoms with van der Waals surface area (Å²) in [6.07, 6.45) is 0.986. The van der Waals surface area contributed by atoms with Crippen LogP contribution in [0, 0.1) is 0 Å². The number of hydrogen-bond donors (Lipinski definition) is 0. The van der Waals surface area contributed by atoms with Crippen molar-refractivity contribution < 1.29 is 9.53 Å². The SMILES string of the molecule is C=C(C)C(=O)OC1CC1c1ccccc1. The van der Waals surface area contributed by atoms with Gasteiger partial charge in [-0.2, -0.15) is 0 Å². The van der Waals surface area contributed by atoms with Crippen LogP contribution in [0.4, 0.5) is 0 Å².